The van der Waals surface area contributed by atoms with Gasteiger partial charge in [-0.15, -0.1) is 0 Å². The maximum atomic E-state index is 7.66. The van der Waals surface area contributed by atoms with E-state index in [-0.39, 0.29) is 0 Å². The van der Waals surface area contributed by atoms with Gasteiger partial charge in [0, 0.05) is 0 Å². The Hall–Kier alpha value is 1.15. The van der Waals surface area contributed by atoms with Crippen molar-refractivity contribution >= 4 is 7.33 Å². The van der Waals surface area contributed by atoms with Crippen molar-refractivity contribution < 1.29 is 36.6 Å². The SMILES string of the molecule is [OH][Y]([OH])([OH])([OH])([OH])([OH])[Cl]. The zero-order chi connectivity index (χ0) is 7.38. The van der Waals surface area contributed by atoms with Crippen LogP contribution in [0, 0.1) is 0 Å². The molecule has 0 saturated carbocycles. The molecule has 6 nitrogen and oxygen atoms in total. The van der Waals surface area contributed by atoms with Crippen LogP contribution >= 0.6 is 7.33 Å². The summed E-state index contributed by atoms with van der Waals surface area (Å²) in [5, 5.41) is 0. The molecule has 0 aliphatic rings. The van der Waals surface area contributed by atoms with E-state index in [9.17, 15) is 0 Å². The van der Waals surface area contributed by atoms with Gasteiger partial charge in [-0.1, -0.05) is 0 Å². The van der Waals surface area contributed by atoms with Crippen molar-refractivity contribution in [1.82, 2.24) is 0 Å². The van der Waals surface area contributed by atoms with Gasteiger partial charge in [0.2, 0.25) is 0 Å². The van der Waals surface area contributed by atoms with E-state index in [4.69, 9.17) is 14.5 Å². The first-order chi connectivity index (χ1) is 2.65. The van der Waals surface area contributed by atoms with Gasteiger partial charge in [0.15, 0.2) is 0 Å². The Kier molecular flexibility index (Phi) is 0.973. The molecule has 0 aromatic heterocycles. The van der Waals surface area contributed by atoms with Gasteiger partial charge >= 0.3 is 44.0 Å². The molecule has 0 amide bonds. The predicted molar refractivity (Wildman–Crippen MR) is 19.2 cm³/mol. The molecule has 8 heavy (non-hydrogen) atoms. The standard InChI is InChI=1S/ClH.6H2O.Y/h1H;6*1H2;/q;;;;;;;+7/p-7. The Morgan fingerprint density at radius 1 is 0.750 bits per heavy atom. The number of rotatable bonds is 0. The van der Waals surface area contributed by atoms with Gasteiger partial charge < -0.3 is 0 Å². The quantitative estimate of drug-likeness (QED) is 0.268. The topological polar surface area (TPSA) is 121 Å². The van der Waals surface area contributed by atoms with Gasteiger partial charge in [-0.3, -0.25) is 0 Å². The first kappa shape index (κ1) is 9.15. The summed E-state index contributed by atoms with van der Waals surface area (Å²) in [5.41, 5.74) is 0. The van der Waals surface area contributed by atoms with Gasteiger partial charge in [0.1, 0.15) is 0 Å². The minimum absolute atomic E-state index is 3.83. The molecule has 0 spiro atoms. The van der Waals surface area contributed by atoms with Gasteiger partial charge in [0.25, 0.3) is 0 Å². The van der Waals surface area contributed by atoms with Crippen LogP contribution in [0.2, 0.25) is 0 Å². The summed E-state index contributed by atoms with van der Waals surface area (Å²) in [6.07, 6.45) is 0. The van der Waals surface area contributed by atoms with Crippen molar-refractivity contribution in [1.29, 1.82) is 0 Å². The summed E-state index contributed by atoms with van der Waals surface area (Å²) in [5.74, 6) is 0. The summed E-state index contributed by atoms with van der Waals surface area (Å²) < 4.78 is 45.9. The number of hydrogen-bond acceptors (Lipinski definition) is 6. The summed E-state index contributed by atoms with van der Waals surface area (Å²) in [6.45, 7) is 0. The van der Waals surface area contributed by atoms with Crippen molar-refractivity contribution in [2.24, 2.45) is 0 Å². The molecule has 0 bridgehead atoms. The first-order valence-corrected chi connectivity index (χ1v) is 13.0. The summed E-state index contributed by atoms with van der Waals surface area (Å²) in [6, 6.07) is 0. The second-order valence-corrected chi connectivity index (χ2v) is 20.6. The average molecular weight is 226 g/mol. The van der Waals surface area contributed by atoms with Crippen LogP contribution < -0.4 is 0 Å². The summed E-state index contributed by atoms with van der Waals surface area (Å²) in [4.78, 5) is 0. The van der Waals surface area contributed by atoms with E-state index in [2.05, 4.69) is 7.33 Å². The Bertz CT molecular complexity index is 101. The fraction of sp³-hybridized carbons (Fsp3) is 0. The Morgan fingerprint density at radius 2 is 0.750 bits per heavy atom. The van der Waals surface area contributed by atoms with Gasteiger partial charge in [-0.25, -0.2) is 0 Å². The Morgan fingerprint density at radius 3 is 0.750 bits per heavy atom. The van der Waals surface area contributed by atoms with Crippen LogP contribution in [0.5, 0.6) is 0 Å². The predicted octanol–water partition coefficient (Wildman–Crippen LogP) is -2.65. The van der Waals surface area contributed by atoms with E-state index in [1.165, 1.54) is 0 Å². The van der Waals surface area contributed by atoms with Crippen LogP contribution in [0.25, 0.3) is 0 Å². The van der Waals surface area contributed by atoms with Gasteiger partial charge in [-0.05, 0) is 0 Å². The third-order valence-corrected chi connectivity index (χ3v) is 0. The van der Waals surface area contributed by atoms with E-state index >= 15 is 0 Å². The monoisotopic (exact) mass is 226 g/mol. The molecular formula is H6ClO6Y. The van der Waals surface area contributed by atoms with Crippen molar-refractivity contribution in [2.75, 3.05) is 0 Å². The Labute approximate surface area is 43.8 Å². The molecule has 0 heterocycles. The number of halogens is 1. The van der Waals surface area contributed by atoms with E-state index in [0.717, 1.165) is 0 Å². The molecule has 0 aliphatic carbocycles. The van der Waals surface area contributed by atoms with E-state index in [1.807, 2.05) is 0 Å². The van der Waals surface area contributed by atoms with Crippen LogP contribution in [-0.2, 0) is 22.1 Å². The third-order valence-electron chi connectivity index (χ3n) is 0. The molecule has 0 fully saturated rings. The molecule has 0 aromatic rings. The van der Waals surface area contributed by atoms with Gasteiger partial charge in [-0.2, -0.15) is 0 Å². The summed E-state index contributed by atoms with van der Waals surface area (Å²) >= 11 is -9.45. The Balaban J connectivity index is 5.14. The minimum atomic E-state index is -9.45. The molecule has 0 aliphatic heterocycles. The molecule has 0 atom stereocenters. The van der Waals surface area contributed by atoms with E-state index in [0.29, 0.717) is 0 Å². The first-order valence-electron chi connectivity index (χ1n) is 1.77. The van der Waals surface area contributed by atoms with Gasteiger partial charge in [0.05, 0.1) is 0 Å². The maximum absolute atomic E-state index is 9.45. The normalized spacial score (nSPS) is 27.1. The van der Waals surface area contributed by atoms with E-state index < -0.39 is 22.1 Å². The van der Waals surface area contributed by atoms with E-state index in [1.54, 1.807) is 0 Å². The molecule has 0 rings (SSSR count). The molecule has 0 radical (unpaired) electrons. The third kappa shape index (κ3) is 203. The zero-order valence-electron chi connectivity index (χ0n) is 3.64. The molecule has 0 aromatic carbocycles. The van der Waals surface area contributed by atoms with Crippen LogP contribution in [0.15, 0.2) is 0 Å². The average Bonchev–Trinajstić information content (AvgIpc) is 0.544. The fourth-order valence-corrected chi connectivity index (χ4v) is 0. The second kappa shape index (κ2) is 0.850. The van der Waals surface area contributed by atoms with Crippen molar-refractivity contribution in [2.45, 2.75) is 0 Å². The van der Waals surface area contributed by atoms with Crippen molar-refractivity contribution in [3.8, 4) is 0 Å². The van der Waals surface area contributed by atoms with Crippen molar-refractivity contribution in [3.05, 3.63) is 0 Å². The fourth-order valence-electron chi connectivity index (χ4n) is 0. The van der Waals surface area contributed by atoms with Crippen LogP contribution in [0.1, 0.15) is 0 Å². The summed E-state index contributed by atoms with van der Waals surface area (Å²) in [7, 11) is 3.83. The van der Waals surface area contributed by atoms with Crippen LogP contribution in [-0.4, -0.2) is 14.5 Å². The molecule has 6 N–H and O–H groups in total. The van der Waals surface area contributed by atoms with Crippen molar-refractivity contribution in [3.63, 3.8) is 0 Å². The molecule has 52 valence electrons. The second-order valence-electron chi connectivity index (χ2n) is 2.32. The molecule has 0 unspecified atom stereocenters. The number of hydrogen-bond donors (Lipinski definition) is 6. The molecule has 8 heteroatoms. The zero-order valence-corrected chi connectivity index (χ0v) is 7.23. The molecule has 0 saturated heterocycles. The van der Waals surface area contributed by atoms with Crippen LogP contribution in [0.3, 0.4) is 0 Å². The molecular weight excluding hydrogens is 220 g/mol. The van der Waals surface area contributed by atoms with Crippen LogP contribution in [0.4, 0.5) is 0 Å².